The van der Waals surface area contributed by atoms with E-state index in [1.54, 1.807) is 11.8 Å². The molecule has 5 heteroatoms. The zero-order chi connectivity index (χ0) is 22.4. The maximum atomic E-state index is 13.8. The van der Waals surface area contributed by atoms with Crippen LogP contribution in [-0.2, 0) is 4.79 Å². The van der Waals surface area contributed by atoms with E-state index in [4.69, 9.17) is 0 Å². The summed E-state index contributed by atoms with van der Waals surface area (Å²) in [5.41, 5.74) is 0.747. The molecule has 156 valence electrons. The van der Waals surface area contributed by atoms with Crippen molar-refractivity contribution in [2.45, 2.75) is 43.7 Å². The first-order valence-electron chi connectivity index (χ1n) is 10.3. The summed E-state index contributed by atoms with van der Waals surface area (Å²) in [6.45, 7) is 5.70. The lowest BCUT2D eigenvalue weighted by Gasteiger charge is -2.36. The van der Waals surface area contributed by atoms with Crippen LogP contribution in [0.1, 0.15) is 49.4 Å². The molecule has 4 rings (SSSR count). The van der Waals surface area contributed by atoms with Crippen molar-refractivity contribution in [3.05, 3.63) is 71.4 Å². The lowest BCUT2D eigenvalue weighted by molar-refractivity contribution is -0.130. The molecule has 0 unspecified atom stereocenters. The molecule has 2 aliphatic rings. The fourth-order valence-electron chi connectivity index (χ4n) is 4.92. The van der Waals surface area contributed by atoms with Crippen LogP contribution < -0.4 is 0 Å². The van der Waals surface area contributed by atoms with Gasteiger partial charge in [0.15, 0.2) is 11.2 Å². The van der Waals surface area contributed by atoms with E-state index in [2.05, 4.69) is 12.1 Å². The fourth-order valence-corrected chi connectivity index (χ4v) is 5.33. The maximum Gasteiger partial charge on any atom is 0.177 e. The number of nitriles is 2. The van der Waals surface area contributed by atoms with Gasteiger partial charge in [0.05, 0.1) is 24.2 Å². The van der Waals surface area contributed by atoms with Crippen LogP contribution in [0.4, 0.5) is 0 Å². The number of hydrogen-bond acceptors (Lipinski definition) is 5. The van der Waals surface area contributed by atoms with Gasteiger partial charge in [-0.05, 0) is 41.2 Å². The van der Waals surface area contributed by atoms with Gasteiger partial charge in [-0.25, -0.2) is 0 Å². The van der Waals surface area contributed by atoms with Crippen LogP contribution in [0.15, 0.2) is 59.6 Å². The third-order valence-electron chi connectivity index (χ3n) is 6.43. The van der Waals surface area contributed by atoms with Gasteiger partial charge in [-0.3, -0.25) is 4.79 Å². The van der Waals surface area contributed by atoms with E-state index in [-0.39, 0.29) is 5.78 Å². The van der Waals surface area contributed by atoms with Gasteiger partial charge in [0.1, 0.15) is 0 Å². The molecule has 2 heterocycles. The van der Waals surface area contributed by atoms with E-state index in [0.717, 1.165) is 21.6 Å². The molecule has 4 nitrogen and oxygen atoms in total. The van der Waals surface area contributed by atoms with Crippen LogP contribution in [0.2, 0.25) is 0 Å². The van der Waals surface area contributed by atoms with Crippen LogP contribution >= 0.6 is 11.8 Å². The summed E-state index contributed by atoms with van der Waals surface area (Å²) < 4.78 is 0. The molecule has 1 saturated heterocycles. The largest absolute Gasteiger partial charge is 0.357 e. The van der Waals surface area contributed by atoms with Crippen molar-refractivity contribution in [3.8, 4) is 12.1 Å². The van der Waals surface area contributed by atoms with E-state index in [1.165, 1.54) is 0 Å². The number of Topliss-reactive ketones (excluding diaryl/α,β-unsaturated/α-hetero) is 1. The van der Waals surface area contributed by atoms with Crippen LogP contribution in [-0.4, -0.2) is 23.0 Å². The number of rotatable bonds is 3. The van der Waals surface area contributed by atoms with E-state index in [9.17, 15) is 15.3 Å². The Bertz CT molecular complexity index is 1120. The number of carbonyl (C=O) groups is 1. The standard InChI is InChI=1S/C26H25N3OS/c1-25(2,3)24(30)22-21(18-9-11-19(31-4)12-10-18)26(15-27,16-28)23-20-8-6-5-7-17(20)13-14-29(22)23/h5-14,21-23H,1-4H3/t21-,22+,23+/m1/s1. The molecule has 0 bridgehead atoms. The predicted octanol–water partition coefficient (Wildman–Crippen LogP) is 5.55. The van der Waals surface area contributed by atoms with Crippen LogP contribution in [0.25, 0.3) is 6.08 Å². The summed E-state index contributed by atoms with van der Waals surface area (Å²) in [5.74, 6) is -0.529. The lowest BCUT2D eigenvalue weighted by Crippen LogP contribution is -2.43. The van der Waals surface area contributed by atoms with Crippen LogP contribution in [0, 0.1) is 33.5 Å². The first-order chi connectivity index (χ1) is 14.8. The summed E-state index contributed by atoms with van der Waals surface area (Å²) in [6, 6.07) is 19.4. The van der Waals surface area contributed by atoms with Crippen molar-refractivity contribution >= 4 is 23.6 Å². The van der Waals surface area contributed by atoms with Gasteiger partial charge in [0.25, 0.3) is 0 Å². The summed E-state index contributed by atoms with van der Waals surface area (Å²) in [7, 11) is 0. The number of fused-ring (bicyclic) bond motifs is 3. The molecule has 0 radical (unpaired) electrons. The van der Waals surface area contributed by atoms with Crippen molar-refractivity contribution in [3.63, 3.8) is 0 Å². The molecule has 31 heavy (non-hydrogen) atoms. The molecule has 0 spiro atoms. The molecular formula is C26H25N3OS. The first kappa shape index (κ1) is 21.2. The number of nitrogens with zero attached hydrogens (tertiary/aromatic N) is 3. The Balaban J connectivity index is 2.00. The van der Waals surface area contributed by atoms with Gasteiger partial charge >= 0.3 is 0 Å². The zero-order valence-electron chi connectivity index (χ0n) is 18.2. The Morgan fingerprint density at radius 1 is 1.06 bits per heavy atom. The summed E-state index contributed by atoms with van der Waals surface area (Å²) in [4.78, 5) is 16.8. The third-order valence-corrected chi connectivity index (χ3v) is 7.17. The molecule has 2 aliphatic heterocycles. The minimum absolute atomic E-state index is 0.0350. The summed E-state index contributed by atoms with van der Waals surface area (Å²) in [6.07, 6.45) is 5.89. The van der Waals surface area contributed by atoms with Gasteiger partial charge in [-0.15, -0.1) is 11.8 Å². The quantitative estimate of drug-likeness (QED) is 0.601. The average molecular weight is 428 g/mol. The molecule has 0 aliphatic carbocycles. The highest BCUT2D eigenvalue weighted by atomic mass is 32.2. The Kier molecular flexibility index (Phi) is 5.20. The molecule has 2 aromatic rings. The minimum atomic E-state index is -1.40. The minimum Gasteiger partial charge on any atom is -0.357 e. The second-order valence-corrected chi connectivity index (χ2v) is 10.1. The molecule has 2 aromatic carbocycles. The van der Waals surface area contributed by atoms with E-state index >= 15 is 0 Å². The summed E-state index contributed by atoms with van der Waals surface area (Å²) in [5, 5.41) is 21.0. The SMILES string of the molecule is CSc1ccc([C@@H]2[C@@H](C(=O)C(C)(C)C)N3C=Cc4ccccc4[C@H]3C2(C#N)C#N)cc1. The zero-order valence-corrected chi connectivity index (χ0v) is 19.0. The molecule has 3 atom stereocenters. The number of benzene rings is 2. The maximum absolute atomic E-state index is 13.8. The second-order valence-electron chi connectivity index (χ2n) is 9.20. The number of hydrogen-bond donors (Lipinski definition) is 0. The number of ketones is 1. The highest BCUT2D eigenvalue weighted by Gasteiger charge is 2.64. The molecule has 0 amide bonds. The number of thioether (sulfide) groups is 1. The Morgan fingerprint density at radius 2 is 1.71 bits per heavy atom. The molecule has 0 N–H and O–H groups in total. The highest BCUT2D eigenvalue weighted by molar-refractivity contribution is 7.98. The van der Waals surface area contributed by atoms with Gasteiger partial charge in [-0.2, -0.15) is 10.5 Å². The second kappa shape index (κ2) is 7.59. The predicted molar refractivity (Wildman–Crippen MR) is 123 cm³/mol. The molecule has 1 fully saturated rings. The molecular weight excluding hydrogens is 402 g/mol. The third kappa shape index (κ3) is 3.16. The topological polar surface area (TPSA) is 67.9 Å². The van der Waals surface area contributed by atoms with Crippen molar-refractivity contribution < 1.29 is 4.79 Å². The summed E-state index contributed by atoms with van der Waals surface area (Å²) >= 11 is 1.64. The normalized spacial score (nSPS) is 23.4. The highest BCUT2D eigenvalue weighted by Crippen LogP contribution is 2.60. The van der Waals surface area contributed by atoms with Gasteiger partial charge in [-0.1, -0.05) is 57.2 Å². The fraction of sp³-hybridized carbons (Fsp3) is 0.346. The molecule has 0 aromatic heterocycles. The van der Waals surface area contributed by atoms with Crippen LogP contribution in [0.5, 0.6) is 0 Å². The molecule has 0 saturated carbocycles. The smallest absolute Gasteiger partial charge is 0.177 e. The van der Waals surface area contributed by atoms with Gasteiger partial charge in [0, 0.05) is 22.4 Å². The lowest BCUT2D eigenvalue weighted by atomic mass is 9.66. The van der Waals surface area contributed by atoms with Gasteiger partial charge < -0.3 is 4.90 Å². The van der Waals surface area contributed by atoms with Crippen molar-refractivity contribution in [2.75, 3.05) is 6.26 Å². The Labute approximate surface area is 188 Å². The Morgan fingerprint density at radius 3 is 2.29 bits per heavy atom. The van der Waals surface area contributed by atoms with E-state index < -0.39 is 28.8 Å². The van der Waals surface area contributed by atoms with E-state index in [0.29, 0.717) is 0 Å². The monoisotopic (exact) mass is 427 g/mol. The van der Waals surface area contributed by atoms with Crippen molar-refractivity contribution in [2.24, 2.45) is 10.8 Å². The van der Waals surface area contributed by atoms with Gasteiger partial charge in [0.2, 0.25) is 0 Å². The van der Waals surface area contributed by atoms with Crippen molar-refractivity contribution in [1.29, 1.82) is 10.5 Å². The first-order valence-corrected chi connectivity index (χ1v) is 11.6. The Hall–Kier alpha value is -3.02. The van der Waals surface area contributed by atoms with Crippen molar-refractivity contribution in [1.82, 2.24) is 4.90 Å². The van der Waals surface area contributed by atoms with E-state index in [1.807, 2.05) is 92.7 Å². The van der Waals surface area contributed by atoms with Crippen LogP contribution in [0.3, 0.4) is 0 Å². The average Bonchev–Trinajstić information content (AvgIpc) is 3.08. The number of carbonyl (C=O) groups excluding carboxylic acids is 1.